The number of anilines is 1. The van der Waals surface area contributed by atoms with Gasteiger partial charge in [-0.3, -0.25) is 4.79 Å². The summed E-state index contributed by atoms with van der Waals surface area (Å²) in [7, 11) is 0. The van der Waals surface area contributed by atoms with Gasteiger partial charge in [0.2, 0.25) is 0 Å². The molecule has 0 spiro atoms. The molecule has 2 N–H and O–H groups in total. The van der Waals surface area contributed by atoms with Crippen LogP contribution in [0, 0.1) is 18.8 Å². The van der Waals surface area contributed by atoms with Gasteiger partial charge in [-0.1, -0.05) is 13.0 Å². The van der Waals surface area contributed by atoms with Crippen molar-refractivity contribution in [3.8, 4) is 0 Å². The predicted molar refractivity (Wildman–Crippen MR) is 74.9 cm³/mol. The van der Waals surface area contributed by atoms with Crippen molar-refractivity contribution in [2.75, 3.05) is 18.4 Å². The van der Waals surface area contributed by atoms with E-state index >= 15 is 0 Å². The molecule has 0 aliphatic heterocycles. The van der Waals surface area contributed by atoms with Crippen LogP contribution in [0.2, 0.25) is 0 Å². The summed E-state index contributed by atoms with van der Waals surface area (Å²) in [5.41, 5.74) is 2.84. The van der Waals surface area contributed by atoms with E-state index < -0.39 is 0 Å². The average molecular weight is 246 g/mol. The monoisotopic (exact) mass is 246 g/mol. The van der Waals surface area contributed by atoms with Gasteiger partial charge in [0.15, 0.2) is 0 Å². The van der Waals surface area contributed by atoms with Gasteiger partial charge in [-0.2, -0.15) is 0 Å². The van der Waals surface area contributed by atoms with Crippen LogP contribution in [0.5, 0.6) is 0 Å². The first-order valence-corrected chi connectivity index (χ1v) is 6.74. The van der Waals surface area contributed by atoms with Crippen molar-refractivity contribution in [1.29, 1.82) is 0 Å². The molecule has 3 nitrogen and oxygen atoms in total. The molecule has 2 rings (SSSR count). The van der Waals surface area contributed by atoms with Gasteiger partial charge in [0.1, 0.15) is 0 Å². The number of hydrogen-bond acceptors (Lipinski definition) is 2. The quantitative estimate of drug-likeness (QED) is 0.838. The molecule has 0 bridgehead atoms. The van der Waals surface area contributed by atoms with Gasteiger partial charge in [-0.05, 0) is 49.8 Å². The lowest BCUT2D eigenvalue weighted by Crippen LogP contribution is -2.26. The van der Waals surface area contributed by atoms with Gasteiger partial charge in [0.25, 0.3) is 5.91 Å². The number of carbonyl (C=O) groups is 1. The van der Waals surface area contributed by atoms with Gasteiger partial charge in [-0.15, -0.1) is 0 Å². The van der Waals surface area contributed by atoms with Gasteiger partial charge in [0, 0.05) is 18.8 Å². The van der Waals surface area contributed by atoms with E-state index in [1.807, 2.05) is 32.0 Å². The molecule has 0 saturated heterocycles. The van der Waals surface area contributed by atoms with Crippen molar-refractivity contribution in [2.24, 2.45) is 11.8 Å². The van der Waals surface area contributed by atoms with Crippen LogP contribution in [0.15, 0.2) is 18.2 Å². The van der Waals surface area contributed by atoms with Gasteiger partial charge < -0.3 is 10.6 Å². The number of carbonyl (C=O) groups excluding carboxylic acids is 1. The Morgan fingerprint density at radius 2 is 2.17 bits per heavy atom. The highest BCUT2D eigenvalue weighted by Gasteiger charge is 2.32. The summed E-state index contributed by atoms with van der Waals surface area (Å²) >= 11 is 0. The molecule has 1 saturated carbocycles. The minimum Gasteiger partial charge on any atom is -0.385 e. The third-order valence-electron chi connectivity index (χ3n) is 3.59. The van der Waals surface area contributed by atoms with Crippen LogP contribution in [0.4, 0.5) is 5.69 Å². The van der Waals surface area contributed by atoms with Crippen LogP contribution in [0.3, 0.4) is 0 Å². The zero-order chi connectivity index (χ0) is 13.1. The maximum atomic E-state index is 12.1. The standard InChI is InChI=1S/C15H22N2O/c1-4-16-14-7-10(2)5-6-13(14)15(18)17-9-12-8-11(12)3/h5-7,11-12,16H,4,8-9H2,1-3H3,(H,17,18). The van der Waals surface area contributed by atoms with Crippen molar-refractivity contribution in [2.45, 2.75) is 27.2 Å². The SMILES string of the molecule is CCNc1cc(C)ccc1C(=O)NCC1CC1C. The second kappa shape index (κ2) is 5.42. The Kier molecular flexibility index (Phi) is 3.90. The number of benzene rings is 1. The number of nitrogens with one attached hydrogen (secondary N) is 2. The third-order valence-corrected chi connectivity index (χ3v) is 3.59. The number of aryl methyl sites for hydroxylation is 1. The molecule has 2 unspecified atom stereocenters. The van der Waals surface area contributed by atoms with E-state index in [2.05, 4.69) is 17.6 Å². The maximum Gasteiger partial charge on any atom is 0.253 e. The first kappa shape index (κ1) is 12.9. The molecule has 2 atom stereocenters. The molecule has 1 amide bonds. The fourth-order valence-electron chi connectivity index (χ4n) is 2.20. The molecule has 0 radical (unpaired) electrons. The summed E-state index contributed by atoms with van der Waals surface area (Å²) in [6.07, 6.45) is 1.24. The van der Waals surface area contributed by atoms with Crippen LogP contribution < -0.4 is 10.6 Å². The lowest BCUT2D eigenvalue weighted by molar-refractivity contribution is 0.0952. The predicted octanol–water partition coefficient (Wildman–Crippen LogP) is 2.81. The maximum absolute atomic E-state index is 12.1. The third kappa shape index (κ3) is 3.03. The van der Waals surface area contributed by atoms with E-state index in [4.69, 9.17) is 0 Å². The molecule has 98 valence electrons. The Labute approximate surface area is 109 Å². The van der Waals surface area contributed by atoms with E-state index in [0.29, 0.717) is 5.92 Å². The minimum absolute atomic E-state index is 0.0325. The van der Waals surface area contributed by atoms with E-state index in [9.17, 15) is 4.79 Å². The Bertz CT molecular complexity index is 442. The van der Waals surface area contributed by atoms with Crippen LogP contribution in [0.1, 0.15) is 36.2 Å². The summed E-state index contributed by atoms with van der Waals surface area (Å²) in [4.78, 5) is 12.1. The van der Waals surface area contributed by atoms with Crippen molar-refractivity contribution in [1.82, 2.24) is 5.32 Å². The first-order chi connectivity index (χ1) is 8.61. The van der Waals surface area contributed by atoms with Crippen molar-refractivity contribution in [3.05, 3.63) is 29.3 Å². The smallest absolute Gasteiger partial charge is 0.253 e. The zero-order valence-electron chi connectivity index (χ0n) is 11.4. The topological polar surface area (TPSA) is 41.1 Å². The van der Waals surface area contributed by atoms with Crippen LogP contribution >= 0.6 is 0 Å². The number of amides is 1. The molecule has 18 heavy (non-hydrogen) atoms. The highest BCUT2D eigenvalue weighted by Crippen LogP contribution is 2.36. The molecule has 1 aromatic carbocycles. The highest BCUT2D eigenvalue weighted by atomic mass is 16.1. The van der Waals surface area contributed by atoms with Gasteiger partial charge in [0.05, 0.1) is 5.56 Å². The van der Waals surface area contributed by atoms with Gasteiger partial charge >= 0.3 is 0 Å². The van der Waals surface area contributed by atoms with Crippen molar-refractivity contribution >= 4 is 11.6 Å². The molecular formula is C15H22N2O. The fourth-order valence-corrected chi connectivity index (χ4v) is 2.20. The van der Waals surface area contributed by atoms with Crippen LogP contribution in [-0.2, 0) is 0 Å². The molecule has 0 heterocycles. The second-order valence-electron chi connectivity index (χ2n) is 5.26. The molecular weight excluding hydrogens is 224 g/mol. The largest absolute Gasteiger partial charge is 0.385 e. The van der Waals surface area contributed by atoms with E-state index in [0.717, 1.165) is 30.3 Å². The summed E-state index contributed by atoms with van der Waals surface area (Å²) in [6, 6.07) is 5.91. The second-order valence-corrected chi connectivity index (χ2v) is 5.26. The Morgan fingerprint density at radius 3 is 2.78 bits per heavy atom. The lowest BCUT2D eigenvalue weighted by Gasteiger charge is -2.12. The molecule has 1 aromatic rings. The lowest BCUT2D eigenvalue weighted by atomic mass is 10.1. The van der Waals surface area contributed by atoms with Crippen LogP contribution in [0.25, 0.3) is 0 Å². The van der Waals surface area contributed by atoms with E-state index in [-0.39, 0.29) is 5.91 Å². The highest BCUT2D eigenvalue weighted by molar-refractivity contribution is 5.99. The Hall–Kier alpha value is -1.51. The molecule has 1 aliphatic rings. The van der Waals surface area contributed by atoms with E-state index in [1.54, 1.807) is 0 Å². The summed E-state index contributed by atoms with van der Waals surface area (Å²) in [5, 5.41) is 6.28. The average Bonchev–Trinajstić information content (AvgIpc) is 3.03. The molecule has 3 heteroatoms. The number of hydrogen-bond donors (Lipinski definition) is 2. The molecule has 0 aromatic heterocycles. The normalized spacial score (nSPS) is 21.5. The fraction of sp³-hybridized carbons (Fsp3) is 0.533. The van der Waals surface area contributed by atoms with Crippen LogP contribution in [-0.4, -0.2) is 19.0 Å². The van der Waals surface area contributed by atoms with Gasteiger partial charge in [-0.25, -0.2) is 0 Å². The number of rotatable bonds is 5. The van der Waals surface area contributed by atoms with Crippen molar-refractivity contribution in [3.63, 3.8) is 0 Å². The molecule has 1 fully saturated rings. The van der Waals surface area contributed by atoms with Crippen molar-refractivity contribution < 1.29 is 4.79 Å². The molecule has 1 aliphatic carbocycles. The minimum atomic E-state index is 0.0325. The summed E-state index contributed by atoms with van der Waals surface area (Å²) in [5.74, 6) is 1.49. The first-order valence-electron chi connectivity index (χ1n) is 6.74. The van der Waals surface area contributed by atoms with E-state index in [1.165, 1.54) is 12.0 Å². The Morgan fingerprint density at radius 1 is 1.44 bits per heavy atom. The zero-order valence-corrected chi connectivity index (χ0v) is 11.4. The summed E-state index contributed by atoms with van der Waals surface area (Å²) < 4.78 is 0. The Balaban J connectivity index is 2.03. The summed E-state index contributed by atoms with van der Waals surface area (Å²) in [6.45, 7) is 7.93.